The number of hydrogen-bond donors (Lipinski definition) is 1. The van der Waals surface area contributed by atoms with Crippen molar-refractivity contribution in [2.24, 2.45) is 0 Å². The van der Waals surface area contributed by atoms with Crippen LogP contribution in [0, 0.1) is 11.3 Å². The number of methoxy groups -OCH3 is 1. The summed E-state index contributed by atoms with van der Waals surface area (Å²) >= 11 is 0. The molecule has 0 aliphatic rings. The largest absolute Gasteiger partial charge is 0.493 e. The molecule has 23 heavy (non-hydrogen) atoms. The first-order valence-electron chi connectivity index (χ1n) is 7.72. The Balaban J connectivity index is 1.77. The minimum Gasteiger partial charge on any atom is -0.493 e. The summed E-state index contributed by atoms with van der Waals surface area (Å²) in [5.41, 5.74) is 3.03. The summed E-state index contributed by atoms with van der Waals surface area (Å²) in [7, 11) is 1.69. The van der Waals surface area contributed by atoms with Gasteiger partial charge in [0.05, 0.1) is 18.2 Å². The number of rotatable bonds is 9. The van der Waals surface area contributed by atoms with E-state index in [0.29, 0.717) is 18.8 Å². The van der Waals surface area contributed by atoms with Gasteiger partial charge < -0.3 is 14.8 Å². The Bertz CT molecular complexity index is 633. The molecule has 0 fully saturated rings. The summed E-state index contributed by atoms with van der Waals surface area (Å²) in [6, 6.07) is 17.9. The van der Waals surface area contributed by atoms with Crippen LogP contribution in [0.1, 0.15) is 23.1 Å². The Labute approximate surface area is 137 Å². The number of ether oxygens (including phenoxy) is 2. The van der Waals surface area contributed by atoms with Crippen LogP contribution in [0.3, 0.4) is 0 Å². The van der Waals surface area contributed by atoms with Crippen molar-refractivity contribution in [2.45, 2.75) is 19.5 Å². The summed E-state index contributed by atoms with van der Waals surface area (Å²) in [6.45, 7) is 2.92. The van der Waals surface area contributed by atoms with Crippen LogP contribution in [0.4, 0.5) is 0 Å². The normalized spacial score (nSPS) is 10.3. The fourth-order valence-corrected chi connectivity index (χ4v) is 2.19. The van der Waals surface area contributed by atoms with Crippen LogP contribution < -0.4 is 10.1 Å². The third-order valence-corrected chi connectivity index (χ3v) is 3.40. The fourth-order valence-electron chi connectivity index (χ4n) is 2.19. The van der Waals surface area contributed by atoms with E-state index in [2.05, 4.69) is 23.5 Å². The van der Waals surface area contributed by atoms with Crippen LogP contribution in [0.2, 0.25) is 0 Å². The van der Waals surface area contributed by atoms with E-state index < -0.39 is 0 Å². The summed E-state index contributed by atoms with van der Waals surface area (Å²) < 4.78 is 10.7. The van der Waals surface area contributed by atoms with Crippen LogP contribution >= 0.6 is 0 Å². The van der Waals surface area contributed by atoms with Crippen molar-refractivity contribution in [1.82, 2.24) is 5.32 Å². The van der Waals surface area contributed by atoms with Gasteiger partial charge in [-0.25, -0.2) is 0 Å². The summed E-state index contributed by atoms with van der Waals surface area (Å²) in [5, 5.41) is 12.2. The average Bonchev–Trinajstić information content (AvgIpc) is 2.60. The van der Waals surface area contributed by atoms with Crippen LogP contribution in [0.15, 0.2) is 48.5 Å². The van der Waals surface area contributed by atoms with Gasteiger partial charge in [0.15, 0.2) is 0 Å². The third kappa shape index (κ3) is 6.11. The van der Waals surface area contributed by atoms with E-state index in [4.69, 9.17) is 14.7 Å². The van der Waals surface area contributed by atoms with Gasteiger partial charge in [-0.05, 0) is 35.4 Å². The highest BCUT2D eigenvalue weighted by molar-refractivity contribution is 5.32. The monoisotopic (exact) mass is 310 g/mol. The second-order valence-corrected chi connectivity index (χ2v) is 5.25. The molecular formula is C19H22N2O2. The number of benzene rings is 2. The quantitative estimate of drug-likeness (QED) is 0.722. The van der Waals surface area contributed by atoms with Gasteiger partial charge in [-0.3, -0.25) is 0 Å². The van der Waals surface area contributed by atoms with Crippen molar-refractivity contribution in [3.8, 4) is 11.8 Å². The maximum atomic E-state index is 8.79. The molecule has 0 aliphatic heterocycles. The summed E-state index contributed by atoms with van der Waals surface area (Å²) in [5.74, 6) is 0.888. The van der Waals surface area contributed by atoms with Gasteiger partial charge in [0.25, 0.3) is 0 Å². The Morgan fingerprint density at radius 2 is 1.78 bits per heavy atom. The van der Waals surface area contributed by atoms with Gasteiger partial charge in [0.2, 0.25) is 0 Å². The number of nitrogens with zero attached hydrogens (tertiary/aromatic N) is 1. The molecule has 4 nitrogen and oxygen atoms in total. The van der Waals surface area contributed by atoms with Crippen LogP contribution in [-0.4, -0.2) is 20.3 Å². The maximum Gasteiger partial charge on any atom is 0.119 e. The topological polar surface area (TPSA) is 54.3 Å². The van der Waals surface area contributed by atoms with Gasteiger partial charge >= 0.3 is 0 Å². The Morgan fingerprint density at radius 1 is 1.00 bits per heavy atom. The van der Waals surface area contributed by atoms with E-state index in [1.54, 1.807) is 7.11 Å². The second kappa shape index (κ2) is 9.62. The Kier molecular flexibility index (Phi) is 7.12. The first kappa shape index (κ1) is 17.0. The highest BCUT2D eigenvalue weighted by atomic mass is 16.5. The smallest absolute Gasteiger partial charge is 0.119 e. The summed E-state index contributed by atoms with van der Waals surface area (Å²) in [6.07, 6.45) is 0.887. The van der Waals surface area contributed by atoms with Gasteiger partial charge in [0.1, 0.15) is 5.75 Å². The highest BCUT2D eigenvalue weighted by Crippen LogP contribution is 2.13. The Hall–Kier alpha value is -2.35. The number of hydrogen-bond acceptors (Lipinski definition) is 4. The van der Waals surface area contributed by atoms with Crippen LogP contribution in [-0.2, 0) is 17.8 Å². The molecule has 0 atom stereocenters. The predicted molar refractivity (Wildman–Crippen MR) is 90.1 cm³/mol. The van der Waals surface area contributed by atoms with Gasteiger partial charge in [-0.1, -0.05) is 24.3 Å². The molecule has 0 heterocycles. The number of nitriles is 1. The standard InChI is InChI=1S/C19H22N2O2/c1-22-10-3-11-23-19-5-2-4-18(12-19)15-21-14-17-8-6-16(13-20)7-9-17/h2,4-9,12,21H,3,10-11,14-15H2,1H3. The van der Waals surface area contributed by atoms with E-state index in [1.165, 1.54) is 5.56 Å². The SMILES string of the molecule is COCCCOc1cccc(CNCc2ccc(C#N)cc2)c1. The molecule has 2 rings (SSSR count). The molecule has 0 aromatic heterocycles. The first-order valence-corrected chi connectivity index (χ1v) is 7.72. The molecule has 0 saturated heterocycles. The molecule has 0 unspecified atom stereocenters. The molecule has 0 radical (unpaired) electrons. The fraction of sp³-hybridized carbons (Fsp3) is 0.316. The van der Waals surface area contributed by atoms with E-state index in [0.717, 1.165) is 30.8 Å². The minimum absolute atomic E-state index is 0.663. The first-order chi connectivity index (χ1) is 11.3. The van der Waals surface area contributed by atoms with Crippen molar-refractivity contribution >= 4 is 0 Å². The summed E-state index contributed by atoms with van der Waals surface area (Å²) in [4.78, 5) is 0. The van der Waals surface area contributed by atoms with Crippen LogP contribution in [0.25, 0.3) is 0 Å². The molecule has 4 heteroatoms. The van der Waals surface area contributed by atoms with E-state index >= 15 is 0 Å². The van der Waals surface area contributed by atoms with Crippen molar-refractivity contribution < 1.29 is 9.47 Å². The predicted octanol–water partition coefficient (Wildman–Crippen LogP) is 3.26. The lowest BCUT2D eigenvalue weighted by Crippen LogP contribution is -2.12. The lowest BCUT2D eigenvalue weighted by molar-refractivity contribution is 0.172. The molecule has 0 amide bonds. The molecule has 0 aliphatic carbocycles. The van der Waals surface area contributed by atoms with Crippen molar-refractivity contribution in [3.63, 3.8) is 0 Å². The van der Waals surface area contributed by atoms with Crippen molar-refractivity contribution in [3.05, 3.63) is 65.2 Å². The molecule has 0 saturated carbocycles. The van der Waals surface area contributed by atoms with E-state index in [-0.39, 0.29) is 0 Å². The lowest BCUT2D eigenvalue weighted by Gasteiger charge is -2.09. The molecule has 0 bridgehead atoms. The highest BCUT2D eigenvalue weighted by Gasteiger charge is 1.99. The lowest BCUT2D eigenvalue weighted by atomic mass is 10.1. The average molecular weight is 310 g/mol. The molecule has 1 N–H and O–H groups in total. The van der Waals surface area contributed by atoms with Gasteiger partial charge in [-0.15, -0.1) is 0 Å². The van der Waals surface area contributed by atoms with E-state index in [9.17, 15) is 0 Å². The number of nitrogens with one attached hydrogen (secondary N) is 1. The van der Waals surface area contributed by atoms with Crippen molar-refractivity contribution in [1.29, 1.82) is 5.26 Å². The minimum atomic E-state index is 0.663. The Morgan fingerprint density at radius 3 is 2.52 bits per heavy atom. The van der Waals surface area contributed by atoms with Gasteiger partial charge in [0, 0.05) is 33.2 Å². The second-order valence-electron chi connectivity index (χ2n) is 5.25. The zero-order chi connectivity index (χ0) is 16.3. The van der Waals surface area contributed by atoms with Crippen LogP contribution in [0.5, 0.6) is 5.75 Å². The molecule has 2 aromatic rings. The van der Waals surface area contributed by atoms with E-state index in [1.807, 2.05) is 36.4 Å². The zero-order valence-corrected chi connectivity index (χ0v) is 13.4. The molecular weight excluding hydrogens is 288 g/mol. The van der Waals surface area contributed by atoms with Gasteiger partial charge in [-0.2, -0.15) is 5.26 Å². The molecule has 120 valence electrons. The zero-order valence-electron chi connectivity index (χ0n) is 13.4. The maximum absolute atomic E-state index is 8.79. The molecule has 0 spiro atoms. The van der Waals surface area contributed by atoms with Crippen molar-refractivity contribution in [2.75, 3.05) is 20.3 Å². The molecule has 2 aromatic carbocycles. The third-order valence-electron chi connectivity index (χ3n) is 3.40.